The molecule has 0 radical (unpaired) electrons. The second kappa shape index (κ2) is 10.5. The summed E-state index contributed by atoms with van der Waals surface area (Å²) in [7, 11) is 1.61. The number of aliphatic hydroxyl groups is 1. The molecule has 2 N–H and O–H groups in total. The van der Waals surface area contributed by atoms with Gasteiger partial charge < -0.3 is 25.0 Å². The van der Waals surface area contributed by atoms with Crippen LogP contribution in [0, 0.1) is 5.82 Å². The number of hydrogen-bond donors (Lipinski definition) is 2. The van der Waals surface area contributed by atoms with E-state index in [2.05, 4.69) is 10.2 Å². The third kappa shape index (κ3) is 4.97. The van der Waals surface area contributed by atoms with Crippen molar-refractivity contribution >= 4 is 17.4 Å². The van der Waals surface area contributed by atoms with Gasteiger partial charge in [0.25, 0.3) is 5.91 Å². The van der Waals surface area contributed by atoms with Crippen LogP contribution in [0.5, 0.6) is 5.75 Å². The molecule has 1 aliphatic rings. The van der Waals surface area contributed by atoms with Crippen molar-refractivity contribution in [2.24, 2.45) is 0 Å². The zero-order chi connectivity index (χ0) is 24.1. The summed E-state index contributed by atoms with van der Waals surface area (Å²) in [5.41, 5.74) is 2.52. The minimum absolute atomic E-state index is 0.158. The molecule has 0 bridgehead atoms. The Bertz CT molecular complexity index is 1150. The molecule has 1 amide bonds. The maximum Gasteiger partial charge on any atom is 0.255 e. The molecule has 1 unspecified atom stereocenters. The number of hydrogen-bond acceptors (Lipinski definition) is 6. The summed E-state index contributed by atoms with van der Waals surface area (Å²) in [5.74, 6) is 0.702. The lowest BCUT2D eigenvalue weighted by atomic mass is 10.1. The average molecular weight is 465 g/mol. The summed E-state index contributed by atoms with van der Waals surface area (Å²) in [4.78, 5) is 21.9. The van der Waals surface area contributed by atoms with Gasteiger partial charge in [0.1, 0.15) is 17.4 Å². The van der Waals surface area contributed by atoms with Crippen molar-refractivity contribution in [1.82, 2.24) is 10.3 Å². The van der Waals surface area contributed by atoms with Crippen molar-refractivity contribution < 1.29 is 19.0 Å². The molecule has 178 valence electrons. The Labute approximate surface area is 198 Å². The van der Waals surface area contributed by atoms with Gasteiger partial charge in [0, 0.05) is 37.8 Å². The number of para-hydroxylation sites is 2. The number of methoxy groups -OCH3 is 1. The number of nitrogens with zero attached hydrogens (tertiary/aromatic N) is 3. The highest BCUT2D eigenvalue weighted by Crippen LogP contribution is 2.32. The molecule has 1 fully saturated rings. The van der Waals surface area contributed by atoms with E-state index < -0.39 is 0 Å². The van der Waals surface area contributed by atoms with Crippen molar-refractivity contribution in [3.63, 3.8) is 0 Å². The third-order valence-corrected chi connectivity index (χ3v) is 5.93. The second-order valence-corrected chi connectivity index (χ2v) is 8.25. The SMILES string of the molecule is COc1ccccc1-c1ccc(C(=O)NC(C)CO)c(N2CCN(c3ccccc3F)CC2)n1. The normalized spacial score (nSPS) is 14.6. The van der Waals surface area contributed by atoms with Crippen LogP contribution >= 0.6 is 0 Å². The van der Waals surface area contributed by atoms with Crippen LogP contribution in [-0.4, -0.2) is 61.9 Å². The van der Waals surface area contributed by atoms with Gasteiger partial charge >= 0.3 is 0 Å². The number of carbonyl (C=O) groups excluding carboxylic acids is 1. The zero-order valence-electron chi connectivity index (χ0n) is 19.4. The van der Waals surface area contributed by atoms with Gasteiger partial charge in [-0.05, 0) is 43.3 Å². The van der Waals surface area contributed by atoms with Crippen LogP contribution in [0.25, 0.3) is 11.3 Å². The van der Waals surface area contributed by atoms with Crippen molar-refractivity contribution in [3.05, 3.63) is 72.0 Å². The van der Waals surface area contributed by atoms with E-state index in [4.69, 9.17) is 9.72 Å². The average Bonchev–Trinajstić information content (AvgIpc) is 2.88. The minimum atomic E-state index is -0.382. The van der Waals surface area contributed by atoms with Crippen molar-refractivity contribution in [2.45, 2.75) is 13.0 Å². The molecule has 4 rings (SSSR count). The molecule has 8 heteroatoms. The molecule has 0 spiro atoms. The van der Waals surface area contributed by atoms with Crippen LogP contribution in [-0.2, 0) is 0 Å². The molecule has 2 heterocycles. The second-order valence-electron chi connectivity index (χ2n) is 8.25. The quantitative estimate of drug-likeness (QED) is 0.559. The Kier molecular flexibility index (Phi) is 7.27. The summed E-state index contributed by atoms with van der Waals surface area (Å²) in [6, 6.07) is 17.5. The fraction of sp³-hybridized carbons (Fsp3) is 0.308. The van der Waals surface area contributed by atoms with Crippen LogP contribution in [0.3, 0.4) is 0 Å². The van der Waals surface area contributed by atoms with E-state index in [0.29, 0.717) is 54.7 Å². The van der Waals surface area contributed by atoms with E-state index in [1.807, 2.05) is 35.2 Å². The lowest BCUT2D eigenvalue weighted by molar-refractivity contribution is 0.0922. The predicted octanol–water partition coefficient (Wildman–Crippen LogP) is 3.33. The molecule has 1 saturated heterocycles. The van der Waals surface area contributed by atoms with E-state index in [-0.39, 0.29) is 24.4 Å². The van der Waals surface area contributed by atoms with Gasteiger partial charge in [0.15, 0.2) is 0 Å². The number of pyridine rings is 1. The molecule has 34 heavy (non-hydrogen) atoms. The smallest absolute Gasteiger partial charge is 0.255 e. The number of benzene rings is 2. The van der Waals surface area contributed by atoms with Crippen LogP contribution in [0.15, 0.2) is 60.7 Å². The van der Waals surface area contributed by atoms with Gasteiger partial charge in [-0.2, -0.15) is 0 Å². The van der Waals surface area contributed by atoms with Crippen molar-refractivity contribution in [2.75, 3.05) is 49.7 Å². The first-order valence-corrected chi connectivity index (χ1v) is 11.3. The standard InChI is InChI=1S/C26H29FN4O3/c1-18(17-32)28-26(33)20-11-12-22(19-7-3-6-10-24(19)34-2)29-25(20)31-15-13-30(14-16-31)23-9-5-4-8-21(23)27/h3-12,18,32H,13-17H2,1-2H3,(H,28,33). The molecule has 0 aliphatic carbocycles. The molecule has 3 aromatic rings. The summed E-state index contributed by atoms with van der Waals surface area (Å²) in [5, 5.41) is 12.2. The fourth-order valence-electron chi connectivity index (χ4n) is 4.09. The summed E-state index contributed by atoms with van der Waals surface area (Å²) in [6.07, 6.45) is 0. The van der Waals surface area contributed by atoms with Crippen LogP contribution in [0.2, 0.25) is 0 Å². The Hall–Kier alpha value is -3.65. The van der Waals surface area contributed by atoms with Gasteiger partial charge in [-0.3, -0.25) is 4.79 Å². The number of aliphatic hydroxyl groups excluding tert-OH is 1. The predicted molar refractivity (Wildman–Crippen MR) is 131 cm³/mol. The number of piperazine rings is 1. The van der Waals surface area contributed by atoms with Crippen molar-refractivity contribution in [1.29, 1.82) is 0 Å². The highest BCUT2D eigenvalue weighted by Gasteiger charge is 2.25. The topological polar surface area (TPSA) is 77.9 Å². The highest BCUT2D eigenvalue weighted by atomic mass is 19.1. The van der Waals surface area contributed by atoms with E-state index in [1.54, 1.807) is 38.3 Å². The first kappa shape index (κ1) is 23.5. The van der Waals surface area contributed by atoms with Gasteiger partial charge in [0.05, 0.1) is 30.7 Å². The molecule has 1 aliphatic heterocycles. The maximum atomic E-state index is 14.3. The van der Waals surface area contributed by atoms with Gasteiger partial charge in [-0.15, -0.1) is 0 Å². The lowest BCUT2D eigenvalue weighted by Gasteiger charge is -2.37. The van der Waals surface area contributed by atoms with Crippen LogP contribution in [0.1, 0.15) is 17.3 Å². The maximum absolute atomic E-state index is 14.3. The summed E-state index contributed by atoms with van der Waals surface area (Å²) < 4.78 is 19.8. The molecular weight excluding hydrogens is 435 g/mol. The number of nitrogens with one attached hydrogen (secondary N) is 1. The minimum Gasteiger partial charge on any atom is -0.496 e. The number of aromatic nitrogens is 1. The van der Waals surface area contributed by atoms with E-state index >= 15 is 0 Å². The Morgan fingerprint density at radius 2 is 1.74 bits per heavy atom. The zero-order valence-corrected chi connectivity index (χ0v) is 19.4. The Morgan fingerprint density at radius 1 is 1.06 bits per heavy atom. The van der Waals surface area contributed by atoms with Gasteiger partial charge in [0.2, 0.25) is 0 Å². The number of halogens is 1. The molecule has 0 saturated carbocycles. The highest BCUT2D eigenvalue weighted by molar-refractivity contribution is 5.99. The van der Waals surface area contributed by atoms with Gasteiger partial charge in [-0.25, -0.2) is 9.37 Å². The van der Waals surface area contributed by atoms with E-state index in [0.717, 1.165) is 5.56 Å². The van der Waals surface area contributed by atoms with E-state index in [1.165, 1.54) is 6.07 Å². The number of carbonyl (C=O) groups is 1. The number of anilines is 2. The molecule has 7 nitrogen and oxygen atoms in total. The summed E-state index contributed by atoms with van der Waals surface area (Å²) in [6.45, 7) is 3.92. The van der Waals surface area contributed by atoms with Gasteiger partial charge in [-0.1, -0.05) is 24.3 Å². The number of rotatable bonds is 7. The largest absolute Gasteiger partial charge is 0.496 e. The lowest BCUT2D eigenvalue weighted by Crippen LogP contribution is -2.48. The van der Waals surface area contributed by atoms with Crippen LogP contribution < -0.4 is 19.9 Å². The third-order valence-electron chi connectivity index (χ3n) is 5.93. The first-order valence-electron chi connectivity index (χ1n) is 11.3. The van der Waals surface area contributed by atoms with E-state index in [9.17, 15) is 14.3 Å². The molecule has 2 aromatic carbocycles. The number of ether oxygens (including phenoxy) is 1. The molecule has 1 aromatic heterocycles. The molecular formula is C26H29FN4O3. The number of amides is 1. The Balaban J connectivity index is 1.66. The fourth-order valence-corrected chi connectivity index (χ4v) is 4.09. The monoisotopic (exact) mass is 464 g/mol. The summed E-state index contributed by atoms with van der Waals surface area (Å²) >= 11 is 0. The van der Waals surface area contributed by atoms with Crippen LogP contribution in [0.4, 0.5) is 15.9 Å². The van der Waals surface area contributed by atoms with Crippen molar-refractivity contribution in [3.8, 4) is 17.0 Å². The Morgan fingerprint density at radius 3 is 2.44 bits per heavy atom. The molecule has 1 atom stereocenters. The first-order chi connectivity index (χ1) is 16.5.